The molecule has 8 heteroatoms. The topological polar surface area (TPSA) is 98.5 Å². The summed E-state index contributed by atoms with van der Waals surface area (Å²) in [7, 11) is -3.97. The van der Waals surface area contributed by atoms with E-state index >= 15 is 0 Å². The maximum Gasteiger partial charge on any atom is 0.287 e. The van der Waals surface area contributed by atoms with Gasteiger partial charge in [-0.25, -0.2) is 13.1 Å². The highest BCUT2D eigenvalue weighted by Gasteiger charge is 2.29. The molecule has 7 nitrogen and oxygen atoms in total. The zero-order valence-corrected chi connectivity index (χ0v) is 13.3. The summed E-state index contributed by atoms with van der Waals surface area (Å²) in [6, 6.07) is 7.30. The normalized spacial score (nSPS) is 14.5. The van der Waals surface area contributed by atoms with Gasteiger partial charge >= 0.3 is 0 Å². The van der Waals surface area contributed by atoms with Crippen LogP contribution >= 0.6 is 0 Å². The van der Waals surface area contributed by atoms with Gasteiger partial charge in [0, 0.05) is 12.0 Å². The third kappa shape index (κ3) is 3.53. The second-order valence-corrected chi connectivity index (χ2v) is 6.91. The van der Waals surface area contributed by atoms with E-state index in [1.165, 1.54) is 30.3 Å². The first kappa shape index (κ1) is 15.5. The van der Waals surface area contributed by atoms with Crippen LogP contribution in [0.15, 0.2) is 39.8 Å². The molecular weight excluding hydrogens is 320 g/mol. The second-order valence-electron chi connectivity index (χ2n) is 5.23. The third-order valence-corrected chi connectivity index (χ3v) is 4.76. The lowest BCUT2D eigenvalue weighted by molar-refractivity contribution is 0.0972. The van der Waals surface area contributed by atoms with Gasteiger partial charge < -0.3 is 9.26 Å². The van der Waals surface area contributed by atoms with Gasteiger partial charge in [0.15, 0.2) is 5.69 Å². The van der Waals surface area contributed by atoms with Gasteiger partial charge in [-0.3, -0.25) is 4.79 Å². The summed E-state index contributed by atoms with van der Waals surface area (Å²) in [6.07, 6.45) is 2.00. The first-order chi connectivity index (χ1) is 11.0. The van der Waals surface area contributed by atoms with Crippen molar-refractivity contribution in [2.45, 2.75) is 30.6 Å². The summed E-state index contributed by atoms with van der Waals surface area (Å²) >= 11 is 0. The van der Waals surface area contributed by atoms with E-state index in [2.05, 4.69) is 5.16 Å². The van der Waals surface area contributed by atoms with E-state index in [0.29, 0.717) is 24.0 Å². The van der Waals surface area contributed by atoms with Crippen molar-refractivity contribution in [2.75, 3.05) is 6.61 Å². The fraction of sp³-hybridized carbons (Fsp3) is 0.333. The Balaban J connectivity index is 1.72. The van der Waals surface area contributed by atoms with Gasteiger partial charge in [-0.1, -0.05) is 5.16 Å². The number of hydrogen-bond acceptors (Lipinski definition) is 6. The maximum absolute atomic E-state index is 12.2. The average molecular weight is 336 g/mol. The van der Waals surface area contributed by atoms with Crippen molar-refractivity contribution in [3.05, 3.63) is 41.8 Å². The number of hydrogen-bond donors (Lipinski definition) is 1. The molecule has 1 aromatic heterocycles. The lowest BCUT2D eigenvalue weighted by Crippen LogP contribution is -2.30. The van der Waals surface area contributed by atoms with Crippen molar-refractivity contribution < 1.29 is 22.5 Å². The molecule has 0 bridgehead atoms. The molecule has 1 saturated carbocycles. The van der Waals surface area contributed by atoms with Crippen LogP contribution in [0.2, 0.25) is 0 Å². The molecule has 23 heavy (non-hydrogen) atoms. The van der Waals surface area contributed by atoms with E-state index in [0.717, 1.165) is 12.8 Å². The first-order valence-electron chi connectivity index (χ1n) is 7.26. The number of benzene rings is 1. The molecule has 1 aliphatic rings. The Bertz CT molecular complexity index is 807. The fourth-order valence-corrected chi connectivity index (χ4v) is 3.03. The minimum absolute atomic E-state index is 0.0276. The van der Waals surface area contributed by atoms with Crippen LogP contribution < -0.4 is 9.46 Å². The van der Waals surface area contributed by atoms with Gasteiger partial charge in [0.2, 0.25) is 0 Å². The number of nitrogens with zero attached hydrogens (tertiary/aromatic N) is 1. The second kappa shape index (κ2) is 6.04. The highest BCUT2D eigenvalue weighted by Crippen LogP contribution is 2.40. The Morgan fingerprint density at radius 2 is 2.04 bits per heavy atom. The molecule has 122 valence electrons. The van der Waals surface area contributed by atoms with Gasteiger partial charge in [0.05, 0.1) is 11.5 Å². The van der Waals surface area contributed by atoms with Crippen LogP contribution in [0, 0.1) is 0 Å². The quantitative estimate of drug-likeness (QED) is 0.867. The maximum atomic E-state index is 12.2. The minimum atomic E-state index is -3.97. The smallest absolute Gasteiger partial charge is 0.287 e. The summed E-state index contributed by atoms with van der Waals surface area (Å²) in [5, 5.41) is 3.62. The summed E-state index contributed by atoms with van der Waals surface area (Å²) in [6.45, 7) is 2.32. The lowest BCUT2D eigenvalue weighted by atomic mass is 10.3. The van der Waals surface area contributed by atoms with Crippen molar-refractivity contribution in [3.63, 3.8) is 0 Å². The number of aromatic nitrogens is 1. The summed E-state index contributed by atoms with van der Waals surface area (Å²) in [4.78, 5) is 12.0. The van der Waals surface area contributed by atoms with Gasteiger partial charge in [0.25, 0.3) is 15.9 Å². The SMILES string of the molecule is CCOc1ccc(S(=O)(=O)NC(=O)c2cc(C3CC3)on2)cc1. The summed E-state index contributed by atoms with van der Waals surface area (Å²) in [5.41, 5.74) is -0.0404. The van der Waals surface area contributed by atoms with Crippen molar-refractivity contribution in [3.8, 4) is 5.75 Å². The minimum Gasteiger partial charge on any atom is -0.494 e. The standard InChI is InChI=1S/C15H16N2O5S/c1-2-21-11-5-7-12(8-6-11)23(19,20)17-15(18)13-9-14(22-16-13)10-3-4-10/h5-10H,2-4H2,1H3,(H,17,18). The monoisotopic (exact) mass is 336 g/mol. The van der Waals surface area contributed by atoms with E-state index in [1.807, 2.05) is 11.6 Å². The number of sulfonamides is 1. The van der Waals surface area contributed by atoms with Crippen LogP contribution in [0.5, 0.6) is 5.75 Å². The molecule has 0 unspecified atom stereocenters. The van der Waals surface area contributed by atoms with Gasteiger partial charge in [-0.15, -0.1) is 0 Å². The molecule has 1 N–H and O–H groups in total. The molecule has 0 aliphatic heterocycles. The van der Waals surface area contributed by atoms with Crippen LogP contribution in [0.3, 0.4) is 0 Å². The summed E-state index contributed by atoms with van der Waals surface area (Å²) < 4.78 is 36.7. The number of rotatable bonds is 6. The average Bonchev–Trinajstić information content (AvgIpc) is 3.25. The predicted octanol–water partition coefficient (Wildman–Crippen LogP) is 2.07. The first-order valence-corrected chi connectivity index (χ1v) is 8.74. The third-order valence-electron chi connectivity index (χ3n) is 3.41. The molecule has 1 heterocycles. The molecule has 0 spiro atoms. The van der Waals surface area contributed by atoms with E-state index in [1.54, 1.807) is 0 Å². The van der Waals surface area contributed by atoms with Crippen LogP contribution in [0.1, 0.15) is 41.9 Å². The van der Waals surface area contributed by atoms with E-state index in [-0.39, 0.29) is 10.6 Å². The Kier molecular flexibility index (Phi) is 4.08. The Labute approximate surface area is 133 Å². The molecule has 1 aromatic carbocycles. The number of ether oxygens (including phenoxy) is 1. The highest BCUT2D eigenvalue weighted by molar-refractivity contribution is 7.90. The zero-order valence-electron chi connectivity index (χ0n) is 12.5. The zero-order chi connectivity index (χ0) is 16.4. The van der Waals surface area contributed by atoms with Crippen molar-refractivity contribution >= 4 is 15.9 Å². The van der Waals surface area contributed by atoms with Crippen molar-refractivity contribution in [1.29, 1.82) is 0 Å². The van der Waals surface area contributed by atoms with E-state index in [4.69, 9.17) is 9.26 Å². The predicted molar refractivity (Wildman–Crippen MR) is 80.7 cm³/mol. The number of amides is 1. The van der Waals surface area contributed by atoms with Gasteiger partial charge in [-0.2, -0.15) is 0 Å². The summed E-state index contributed by atoms with van der Waals surface area (Å²) in [5.74, 6) is 0.665. The van der Waals surface area contributed by atoms with Crippen molar-refractivity contribution in [1.82, 2.24) is 9.88 Å². The molecule has 0 saturated heterocycles. The molecule has 0 atom stereocenters. The van der Waals surface area contributed by atoms with Crippen LogP contribution in [0.25, 0.3) is 0 Å². The van der Waals surface area contributed by atoms with Crippen molar-refractivity contribution in [2.24, 2.45) is 0 Å². The molecule has 1 amide bonds. The Morgan fingerprint density at radius 1 is 1.35 bits per heavy atom. The number of carbonyl (C=O) groups is 1. The fourth-order valence-electron chi connectivity index (χ4n) is 2.07. The lowest BCUT2D eigenvalue weighted by Gasteiger charge is -2.07. The molecule has 0 radical (unpaired) electrons. The molecule has 1 fully saturated rings. The van der Waals surface area contributed by atoms with Crippen LogP contribution in [0.4, 0.5) is 0 Å². The van der Waals surface area contributed by atoms with E-state index in [9.17, 15) is 13.2 Å². The van der Waals surface area contributed by atoms with E-state index < -0.39 is 15.9 Å². The molecule has 2 aromatic rings. The van der Waals surface area contributed by atoms with Gasteiger partial charge in [0.1, 0.15) is 11.5 Å². The molecular formula is C15H16N2O5S. The molecule has 1 aliphatic carbocycles. The highest BCUT2D eigenvalue weighted by atomic mass is 32.2. The Hall–Kier alpha value is -2.35. The van der Waals surface area contributed by atoms with Crippen LogP contribution in [-0.4, -0.2) is 26.1 Å². The number of nitrogens with one attached hydrogen (secondary N) is 1. The van der Waals surface area contributed by atoms with Crippen LogP contribution in [-0.2, 0) is 10.0 Å². The Morgan fingerprint density at radius 3 is 2.65 bits per heavy atom. The largest absolute Gasteiger partial charge is 0.494 e. The molecule has 3 rings (SSSR count). The number of carbonyl (C=O) groups excluding carboxylic acids is 1. The van der Waals surface area contributed by atoms with Gasteiger partial charge in [-0.05, 0) is 44.0 Å².